The van der Waals surface area contributed by atoms with E-state index in [0.29, 0.717) is 18.7 Å². The zero-order chi connectivity index (χ0) is 15.1. The molecule has 1 fully saturated rings. The number of ether oxygens (including phenoxy) is 1. The number of ketones is 1. The number of hydrogen-bond acceptors (Lipinski definition) is 4. The quantitative estimate of drug-likeness (QED) is 0.740. The van der Waals surface area contributed by atoms with Crippen LogP contribution in [0.25, 0.3) is 0 Å². The molecule has 1 aromatic carbocycles. The summed E-state index contributed by atoms with van der Waals surface area (Å²) in [5.74, 6) is -0.835. The Balaban J connectivity index is 1.93. The van der Waals surface area contributed by atoms with Crippen molar-refractivity contribution in [1.82, 2.24) is 4.90 Å². The summed E-state index contributed by atoms with van der Waals surface area (Å²) in [6.07, 6.45) is 2.16. The minimum absolute atomic E-state index is 0.0129. The molecule has 1 aliphatic heterocycles. The van der Waals surface area contributed by atoms with Crippen molar-refractivity contribution >= 4 is 11.8 Å². The molecule has 2 rings (SSSR count). The van der Waals surface area contributed by atoms with Gasteiger partial charge in [-0.25, -0.2) is 0 Å². The zero-order valence-corrected chi connectivity index (χ0v) is 12.0. The molecule has 1 heterocycles. The fraction of sp³-hybridized carbons (Fsp3) is 0.500. The summed E-state index contributed by atoms with van der Waals surface area (Å²) in [6.45, 7) is 1.97. The summed E-state index contributed by atoms with van der Waals surface area (Å²) in [4.78, 5) is 24.9. The SMILES string of the molecule is O=C(O)CCN(CC(=O)c1ccccc1)CC1CCCO1. The number of carboxylic acid groups (broad SMARTS) is 1. The molecule has 0 bridgehead atoms. The maximum Gasteiger partial charge on any atom is 0.304 e. The molecule has 1 aromatic rings. The average Bonchev–Trinajstić information content (AvgIpc) is 2.98. The Morgan fingerprint density at radius 3 is 2.67 bits per heavy atom. The van der Waals surface area contributed by atoms with Crippen LogP contribution in [0, 0.1) is 0 Å². The summed E-state index contributed by atoms with van der Waals surface area (Å²) in [7, 11) is 0. The first-order valence-electron chi connectivity index (χ1n) is 7.29. The second kappa shape index (κ2) is 7.90. The van der Waals surface area contributed by atoms with Gasteiger partial charge in [0.1, 0.15) is 0 Å². The van der Waals surface area contributed by atoms with E-state index < -0.39 is 5.97 Å². The van der Waals surface area contributed by atoms with Gasteiger partial charge < -0.3 is 9.84 Å². The van der Waals surface area contributed by atoms with Gasteiger partial charge in [0.05, 0.1) is 19.1 Å². The van der Waals surface area contributed by atoms with Crippen LogP contribution in [-0.2, 0) is 9.53 Å². The lowest BCUT2D eigenvalue weighted by atomic mass is 10.1. The minimum atomic E-state index is -0.848. The number of carboxylic acids is 1. The van der Waals surface area contributed by atoms with Crippen molar-refractivity contribution in [3.63, 3.8) is 0 Å². The van der Waals surface area contributed by atoms with Gasteiger partial charge in [0.15, 0.2) is 5.78 Å². The number of Topliss-reactive ketones (excluding diaryl/α,β-unsaturated/α-hetero) is 1. The standard InChI is InChI=1S/C16H21NO4/c18-15(13-5-2-1-3-6-13)12-17(9-8-16(19)20)11-14-7-4-10-21-14/h1-3,5-6,14H,4,7-12H2,(H,19,20). The molecule has 0 aliphatic carbocycles. The van der Waals surface area contributed by atoms with Gasteiger partial charge in [-0.15, -0.1) is 0 Å². The summed E-state index contributed by atoms with van der Waals surface area (Å²) in [6, 6.07) is 9.09. The van der Waals surface area contributed by atoms with Gasteiger partial charge in [-0.2, -0.15) is 0 Å². The fourth-order valence-electron chi connectivity index (χ4n) is 2.48. The maximum atomic E-state index is 12.2. The van der Waals surface area contributed by atoms with E-state index in [-0.39, 0.29) is 24.9 Å². The van der Waals surface area contributed by atoms with E-state index in [4.69, 9.17) is 9.84 Å². The van der Waals surface area contributed by atoms with Gasteiger partial charge in [0, 0.05) is 25.3 Å². The molecular weight excluding hydrogens is 270 g/mol. The van der Waals surface area contributed by atoms with Crippen molar-refractivity contribution in [2.75, 3.05) is 26.2 Å². The summed E-state index contributed by atoms with van der Waals surface area (Å²) in [5.41, 5.74) is 0.658. The fourth-order valence-corrected chi connectivity index (χ4v) is 2.48. The number of benzene rings is 1. The largest absolute Gasteiger partial charge is 0.481 e. The normalized spacial score (nSPS) is 18.0. The number of rotatable bonds is 8. The predicted molar refractivity (Wildman–Crippen MR) is 78.4 cm³/mol. The lowest BCUT2D eigenvalue weighted by Gasteiger charge is -2.23. The van der Waals surface area contributed by atoms with Crippen molar-refractivity contribution in [3.8, 4) is 0 Å². The topological polar surface area (TPSA) is 66.8 Å². The first-order valence-corrected chi connectivity index (χ1v) is 7.29. The Labute approximate surface area is 124 Å². The van der Waals surface area contributed by atoms with E-state index in [2.05, 4.69) is 0 Å². The third-order valence-electron chi connectivity index (χ3n) is 3.59. The number of nitrogens with zero attached hydrogens (tertiary/aromatic N) is 1. The highest BCUT2D eigenvalue weighted by Gasteiger charge is 2.21. The number of aliphatic carboxylic acids is 1. The second-order valence-corrected chi connectivity index (χ2v) is 5.30. The highest BCUT2D eigenvalue weighted by molar-refractivity contribution is 5.97. The van der Waals surface area contributed by atoms with Gasteiger partial charge in [0.25, 0.3) is 0 Å². The molecule has 5 heteroatoms. The van der Waals surface area contributed by atoms with E-state index in [1.54, 1.807) is 12.1 Å². The third-order valence-corrected chi connectivity index (χ3v) is 3.59. The van der Waals surface area contributed by atoms with Crippen LogP contribution in [0.15, 0.2) is 30.3 Å². The zero-order valence-electron chi connectivity index (χ0n) is 12.0. The molecule has 0 amide bonds. The Morgan fingerprint density at radius 2 is 2.05 bits per heavy atom. The molecule has 21 heavy (non-hydrogen) atoms. The molecule has 1 N–H and O–H groups in total. The lowest BCUT2D eigenvalue weighted by molar-refractivity contribution is -0.137. The molecule has 1 aliphatic rings. The summed E-state index contributed by atoms with van der Waals surface area (Å²) < 4.78 is 5.58. The molecule has 1 atom stereocenters. The molecule has 0 aromatic heterocycles. The van der Waals surface area contributed by atoms with Crippen molar-refractivity contribution < 1.29 is 19.4 Å². The van der Waals surface area contributed by atoms with Gasteiger partial charge in [-0.1, -0.05) is 30.3 Å². The van der Waals surface area contributed by atoms with E-state index in [9.17, 15) is 9.59 Å². The number of carbonyl (C=O) groups is 2. The monoisotopic (exact) mass is 291 g/mol. The van der Waals surface area contributed by atoms with Crippen molar-refractivity contribution in [2.24, 2.45) is 0 Å². The van der Waals surface area contributed by atoms with Crippen LogP contribution < -0.4 is 0 Å². The molecule has 0 radical (unpaired) electrons. The number of carbonyl (C=O) groups excluding carboxylic acids is 1. The maximum absolute atomic E-state index is 12.2. The van der Waals surface area contributed by atoms with Gasteiger partial charge in [-0.3, -0.25) is 14.5 Å². The van der Waals surface area contributed by atoms with Crippen molar-refractivity contribution in [2.45, 2.75) is 25.4 Å². The van der Waals surface area contributed by atoms with Crippen LogP contribution in [0.1, 0.15) is 29.6 Å². The average molecular weight is 291 g/mol. The first kappa shape index (κ1) is 15.7. The van der Waals surface area contributed by atoms with Crippen molar-refractivity contribution in [1.29, 1.82) is 0 Å². The van der Waals surface area contributed by atoms with Crippen LogP contribution in [-0.4, -0.2) is 54.1 Å². The summed E-state index contributed by atoms with van der Waals surface area (Å²) in [5, 5.41) is 8.83. The van der Waals surface area contributed by atoms with Gasteiger partial charge in [-0.05, 0) is 12.8 Å². The van der Waals surface area contributed by atoms with Gasteiger partial charge in [0.2, 0.25) is 0 Å². The van der Waals surface area contributed by atoms with Crippen LogP contribution in [0.2, 0.25) is 0 Å². The highest BCUT2D eigenvalue weighted by Crippen LogP contribution is 2.14. The first-order chi connectivity index (χ1) is 10.1. The molecule has 0 saturated carbocycles. The molecular formula is C16H21NO4. The van der Waals surface area contributed by atoms with Crippen LogP contribution in [0.3, 0.4) is 0 Å². The van der Waals surface area contributed by atoms with E-state index >= 15 is 0 Å². The Kier molecular flexibility index (Phi) is 5.90. The second-order valence-electron chi connectivity index (χ2n) is 5.30. The van der Waals surface area contributed by atoms with E-state index in [1.807, 2.05) is 23.1 Å². The van der Waals surface area contributed by atoms with Gasteiger partial charge >= 0.3 is 5.97 Å². The molecule has 0 spiro atoms. The highest BCUT2D eigenvalue weighted by atomic mass is 16.5. The Bertz CT molecular complexity index is 468. The molecule has 1 unspecified atom stereocenters. The van der Waals surface area contributed by atoms with Crippen LogP contribution in [0.4, 0.5) is 0 Å². The van der Waals surface area contributed by atoms with E-state index in [0.717, 1.165) is 19.4 Å². The minimum Gasteiger partial charge on any atom is -0.481 e. The number of hydrogen-bond donors (Lipinski definition) is 1. The Morgan fingerprint density at radius 1 is 1.29 bits per heavy atom. The third kappa shape index (κ3) is 5.28. The van der Waals surface area contributed by atoms with Crippen molar-refractivity contribution in [3.05, 3.63) is 35.9 Å². The Hall–Kier alpha value is -1.72. The van der Waals surface area contributed by atoms with Crippen LogP contribution >= 0.6 is 0 Å². The predicted octanol–water partition coefficient (Wildman–Crippen LogP) is 1.82. The van der Waals surface area contributed by atoms with Crippen LogP contribution in [0.5, 0.6) is 0 Å². The lowest BCUT2D eigenvalue weighted by Crippen LogP contribution is -2.37. The molecule has 5 nitrogen and oxygen atoms in total. The van der Waals surface area contributed by atoms with E-state index in [1.165, 1.54) is 0 Å². The summed E-state index contributed by atoms with van der Waals surface area (Å²) >= 11 is 0. The molecule has 114 valence electrons. The molecule has 1 saturated heterocycles. The smallest absolute Gasteiger partial charge is 0.304 e.